The smallest absolute Gasteiger partial charge is 0.0428 e. The molecule has 0 amide bonds. The van der Waals surface area contributed by atoms with E-state index in [9.17, 15) is 0 Å². The second kappa shape index (κ2) is 5.24. The lowest BCUT2D eigenvalue weighted by Crippen LogP contribution is -2.70. The molecule has 4 heteroatoms. The quantitative estimate of drug-likeness (QED) is 0.759. The molecular formula is C16H32N4. The van der Waals surface area contributed by atoms with Crippen molar-refractivity contribution >= 4 is 0 Å². The minimum atomic E-state index is 0.263. The number of nitrogens with zero attached hydrogens (tertiary/aromatic N) is 4. The van der Waals surface area contributed by atoms with Crippen molar-refractivity contribution in [2.75, 3.05) is 39.8 Å². The molecule has 3 heterocycles. The Balaban J connectivity index is 1.75. The summed E-state index contributed by atoms with van der Waals surface area (Å²) in [5.41, 5.74) is 0.263. The Morgan fingerprint density at radius 1 is 1.00 bits per heavy atom. The third kappa shape index (κ3) is 2.52. The number of likely N-dealkylation sites (tertiary alicyclic amines) is 1. The van der Waals surface area contributed by atoms with Gasteiger partial charge in [-0.05, 0) is 47.6 Å². The molecule has 0 aromatic heterocycles. The Labute approximate surface area is 124 Å². The van der Waals surface area contributed by atoms with Gasteiger partial charge in [0.05, 0.1) is 0 Å². The van der Waals surface area contributed by atoms with Gasteiger partial charge < -0.3 is 4.90 Å². The first kappa shape index (κ1) is 14.8. The van der Waals surface area contributed by atoms with Gasteiger partial charge in [0.15, 0.2) is 0 Å². The molecule has 0 aromatic rings. The summed E-state index contributed by atoms with van der Waals surface area (Å²) in [5.74, 6) is 0. The van der Waals surface area contributed by atoms with Crippen LogP contribution in [0.15, 0.2) is 0 Å². The van der Waals surface area contributed by atoms with Gasteiger partial charge in [0.2, 0.25) is 0 Å². The van der Waals surface area contributed by atoms with Crippen molar-refractivity contribution in [2.45, 2.75) is 64.2 Å². The normalized spacial score (nSPS) is 36.9. The van der Waals surface area contributed by atoms with E-state index in [2.05, 4.69) is 54.6 Å². The third-order valence-corrected chi connectivity index (χ3v) is 5.52. The van der Waals surface area contributed by atoms with E-state index in [-0.39, 0.29) is 5.54 Å². The van der Waals surface area contributed by atoms with E-state index in [1.54, 1.807) is 0 Å². The molecule has 116 valence electrons. The lowest BCUT2D eigenvalue weighted by Gasteiger charge is -2.56. The second-order valence-electron chi connectivity index (χ2n) is 7.99. The molecule has 2 atom stereocenters. The molecule has 0 spiro atoms. The first-order valence-corrected chi connectivity index (χ1v) is 8.37. The summed E-state index contributed by atoms with van der Waals surface area (Å²) < 4.78 is 0. The van der Waals surface area contributed by atoms with Gasteiger partial charge in [0, 0.05) is 56.4 Å². The van der Waals surface area contributed by atoms with Crippen molar-refractivity contribution < 1.29 is 0 Å². The molecule has 4 nitrogen and oxygen atoms in total. The molecule has 0 saturated carbocycles. The zero-order chi connectivity index (χ0) is 14.5. The Hall–Kier alpha value is -0.160. The number of hydrogen-bond donors (Lipinski definition) is 0. The molecule has 0 N–H and O–H groups in total. The predicted molar refractivity (Wildman–Crippen MR) is 83.6 cm³/mol. The van der Waals surface area contributed by atoms with Crippen LogP contribution >= 0.6 is 0 Å². The molecular weight excluding hydrogens is 248 g/mol. The fourth-order valence-corrected chi connectivity index (χ4v) is 4.54. The van der Waals surface area contributed by atoms with E-state index < -0.39 is 0 Å². The van der Waals surface area contributed by atoms with E-state index in [1.807, 2.05) is 0 Å². The molecule has 3 aliphatic rings. The van der Waals surface area contributed by atoms with Crippen molar-refractivity contribution in [3.8, 4) is 0 Å². The third-order valence-electron chi connectivity index (χ3n) is 5.52. The topological polar surface area (TPSA) is 13.0 Å². The second-order valence-corrected chi connectivity index (χ2v) is 7.99. The van der Waals surface area contributed by atoms with E-state index in [0.29, 0.717) is 6.04 Å². The summed E-state index contributed by atoms with van der Waals surface area (Å²) >= 11 is 0. The summed E-state index contributed by atoms with van der Waals surface area (Å²) in [6.45, 7) is 15.6. The standard InChI is InChI=1S/C16H32N4/c1-13(2)18-8-9-19(16(3,4)12-18)20-14-6-7-15(20)11-17(5)10-14/h13-15H,6-12H2,1-5H3. The van der Waals surface area contributed by atoms with Gasteiger partial charge in [-0.2, -0.15) is 0 Å². The largest absolute Gasteiger partial charge is 0.303 e. The monoisotopic (exact) mass is 280 g/mol. The summed E-state index contributed by atoms with van der Waals surface area (Å²) in [6, 6.07) is 2.17. The van der Waals surface area contributed by atoms with Crippen LogP contribution in [0.4, 0.5) is 0 Å². The van der Waals surface area contributed by atoms with Crippen LogP contribution in [-0.2, 0) is 0 Å². The average Bonchev–Trinajstić information content (AvgIpc) is 2.60. The molecule has 3 rings (SSSR count). The molecule has 0 aromatic carbocycles. The highest BCUT2D eigenvalue weighted by atomic mass is 15.7. The summed E-state index contributed by atoms with van der Waals surface area (Å²) in [7, 11) is 2.28. The van der Waals surface area contributed by atoms with Gasteiger partial charge in [-0.3, -0.25) is 4.90 Å². The number of likely N-dealkylation sites (N-methyl/N-ethyl adjacent to an activating group) is 1. The average molecular weight is 280 g/mol. The van der Waals surface area contributed by atoms with E-state index in [1.165, 1.54) is 45.6 Å². The van der Waals surface area contributed by atoms with Crippen LogP contribution in [0.2, 0.25) is 0 Å². The van der Waals surface area contributed by atoms with Crippen molar-refractivity contribution in [2.24, 2.45) is 0 Å². The molecule has 2 unspecified atom stereocenters. The number of rotatable bonds is 2. The minimum absolute atomic E-state index is 0.263. The summed E-state index contributed by atoms with van der Waals surface area (Å²) in [4.78, 5) is 5.16. The van der Waals surface area contributed by atoms with Crippen molar-refractivity contribution in [1.82, 2.24) is 19.8 Å². The number of piperazine rings is 2. The van der Waals surface area contributed by atoms with Crippen LogP contribution in [0, 0.1) is 0 Å². The van der Waals surface area contributed by atoms with E-state index in [0.717, 1.165) is 12.1 Å². The first-order chi connectivity index (χ1) is 9.38. The van der Waals surface area contributed by atoms with Gasteiger partial charge in [-0.25, -0.2) is 10.0 Å². The molecule has 0 radical (unpaired) electrons. The van der Waals surface area contributed by atoms with Crippen molar-refractivity contribution in [1.29, 1.82) is 0 Å². The zero-order valence-electron chi connectivity index (χ0n) is 14.0. The Kier molecular flexibility index (Phi) is 3.87. The highest BCUT2D eigenvalue weighted by Crippen LogP contribution is 2.35. The van der Waals surface area contributed by atoms with Crippen LogP contribution in [0.3, 0.4) is 0 Å². The van der Waals surface area contributed by atoms with Crippen LogP contribution in [-0.4, -0.2) is 83.3 Å². The van der Waals surface area contributed by atoms with Crippen LogP contribution in [0.25, 0.3) is 0 Å². The lowest BCUT2D eigenvalue weighted by atomic mass is 9.99. The van der Waals surface area contributed by atoms with E-state index >= 15 is 0 Å². The minimum Gasteiger partial charge on any atom is -0.303 e. The molecule has 0 aliphatic carbocycles. The van der Waals surface area contributed by atoms with Crippen LogP contribution in [0.1, 0.15) is 40.5 Å². The SMILES string of the molecule is CC(C)N1CCN(N2C3CCC2CN(C)C3)C(C)(C)C1. The molecule has 20 heavy (non-hydrogen) atoms. The zero-order valence-corrected chi connectivity index (χ0v) is 14.0. The Bertz CT molecular complexity index is 340. The maximum absolute atomic E-state index is 2.78. The highest BCUT2D eigenvalue weighted by molar-refractivity contribution is 4.99. The Morgan fingerprint density at radius 2 is 1.60 bits per heavy atom. The van der Waals surface area contributed by atoms with Gasteiger partial charge in [0.25, 0.3) is 0 Å². The van der Waals surface area contributed by atoms with Gasteiger partial charge in [0.1, 0.15) is 0 Å². The highest BCUT2D eigenvalue weighted by Gasteiger charge is 2.47. The maximum Gasteiger partial charge on any atom is 0.0428 e. The van der Waals surface area contributed by atoms with Crippen LogP contribution in [0.5, 0.6) is 0 Å². The van der Waals surface area contributed by atoms with Gasteiger partial charge in [-0.15, -0.1) is 0 Å². The number of hydrazine groups is 1. The number of hydrogen-bond acceptors (Lipinski definition) is 4. The van der Waals surface area contributed by atoms with Crippen molar-refractivity contribution in [3.05, 3.63) is 0 Å². The maximum atomic E-state index is 2.78. The molecule has 2 bridgehead atoms. The van der Waals surface area contributed by atoms with Crippen molar-refractivity contribution in [3.63, 3.8) is 0 Å². The molecule has 3 aliphatic heterocycles. The molecule has 3 saturated heterocycles. The Morgan fingerprint density at radius 3 is 2.10 bits per heavy atom. The van der Waals surface area contributed by atoms with Gasteiger partial charge in [-0.1, -0.05) is 0 Å². The molecule has 3 fully saturated rings. The summed E-state index contributed by atoms with van der Waals surface area (Å²) in [5, 5.41) is 5.50. The summed E-state index contributed by atoms with van der Waals surface area (Å²) in [6.07, 6.45) is 2.77. The lowest BCUT2D eigenvalue weighted by molar-refractivity contribution is -0.178. The van der Waals surface area contributed by atoms with Gasteiger partial charge >= 0.3 is 0 Å². The fraction of sp³-hybridized carbons (Fsp3) is 1.00. The predicted octanol–water partition coefficient (Wildman–Crippen LogP) is 1.48. The first-order valence-electron chi connectivity index (χ1n) is 8.37. The number of fused-ring (bicyclic) bond motifs is 2. The van der Waals surface area contributed by atoms with E-state index in [4.69, 9.17) is 0 Å². The fourth-order valence-electron chi connectivity index (χ4n) is 4.54. The van der Waals surface area contributed by atoms with Crippen LogP contribution < -0.4 is 0 Å².